The Bertz CT molecular complexity index is 526. The lowest BCUT2D eigenvalue weighted by Crippen LogP contribution is -2.38. The van der Waals surface area contributed by atoms with Crippen molar-refractivity contribution in [1.29, 1.82) is 0 Å². The van der Waals surface area contributed by atoms with Crippen LogP contribution in [0.3, 0.4) is 0 Å². The number of aromatic nitrogens is 1. The van der Waals surface area contributed by atoms with Crippen molar-refractivity contribution in [1.82, 2.24) is 9.88 Å². The van der Waals surface area contributed by atoms with Crippen LogP contribution in [0.25, 0.3) is 0 Å². The van der Waals surface area contributed by atoms with Gasteiger partial charge in [0.15, 0.2) is 0 Å². The summed E-state index contributed by atoms with van der Waals surface area (Å²) in [6.07, 6.45) is 2.80. The van der Waals surface area contributed by atoms with Crippen molar-refractivity contribution in [3.8, 4) is 0 Å². The fourth-order valence-corrected chi connectivity index (χ4v) is 2.57. The first-order chi connectivity index (χ1) is 9.37. The predicted molar refractivity (Wildman–Crippen MR) is 74.0 cm³/mol. The van der Waals surface area contributed by atoms with Crippen molar-refractivity contribution in [2.45, 2.75) is 39.7 Å². The minimum atomic E-state index is -0.865. The van der Waals surface area contributed by atoms with E-state index in [4.69, 9.17) is 5.11 Å². The smallest absolute Gasteiger partial charge is 0.303 e. The molecule has 20 heavy (non-hydrogen) atoms. The maximum Gasteiger partial charge on any atom is 0.303 e. The van der Waals surface area contributed by atoms with E-state index in [1.165, 1.54) is 0 Å². The Hall–Kier alpha value is -1.91. The molecule has 1 N–H and O–H groups in total. The number of amides is 1. The van der Waals surface area contributed by atoms with Gasteiger partial charge in [-0.25, -0.2) is 0 Å². The minimum Gasteiger partial charge on any atom is -0.481 e. The molecule has 0 saturated carbocycles. The van der Waals surface area contributed by atoms with Gasteiger partial charge in [0.25, 0.3) is 0 Å². The SMILES string of the molecule is CC(C)(CC(=O)O)CC(=O)N1CCc2ncccc2C1. The van der Waals surface area contributed by atoms with Gasteiger partial charge in [0.1, 0.15) is 0 Å². The number of hydrogen-bond acceptors (Lipinski definition) is 3. The summed E-state index contributed by atoms with van der Waals surface area (Å²) in [5.41, 5.74) is 1.63. The summed E-state index contributed by atoms with van der Waals surface area (Å²) >= 11 is 0. The molecule has 5 nitrogen and oxygen atoms in total. The molecule has 0 spiro atoms. The largest absolute Gasteiger partial charge is 0.481 e. The normalized spacial score (nSPS) is 14.8. The Kier molecular flexibility index (Phi) is 4.06. The van der Waals surface area contributed by atoms with Gasteiger partial charge in [-0.05, 0) is 17.0 Å². The monoisotopic (exact) mass is 276 g/mol. The van der Waals surface area contributed by atoms with Crippen molar-refractivity contribution < 1.29 is 14.7 Å². The molecule has 1 aliphatic heterocycles. The molecule has 0 unspecified atom stereocenters. The van der Waals surface area contributed by atoms with Gasteiger partial charge in [-0.3, -0.25) is 14.6 Å². The van der Waals surface area contributed by atoms with Crippen LogP contribution in [-0.2, 0) is 22.6 Å². The quantitative estimate of drug-likeness (QED) is 0.911. The molecular formula is C15H20N2O3. The fraction of sp³-hybridized carbons (Fsp3) is 0.533. The van der Waals surface area contributed by atoms with Crippen LogP contribution in [0.1, 0.15) is 37.9 Å². The van der Waals surface area contributed by atoms with E-state index in [1.54, 1.807) is 11.1 Å². The molecule has 0 atom stereocenters. The van der Waals surface area contributed by atoms with E-state index in [9.17, 15) is 9.59 Å². The van der Waals surface area contributed by atoms with E-state index in [-0.39, 0.29) is 18.7 Å². The molecule has 1 aliphatic rings. The number of hydrogen-bond donors (Lipinski definition) is 1. The van der Waals surface area contributed by atoms with Gasteiger partial charge in [-0.15, -0.1) is 0 Å². The van der Waals surface area contributed by atoms with Crippen molar-refractivity contribution >= 4 is 11.9 Å². The zero-order valence-corrected chi connectivity index (χ0v) is 11.9. The number of carboxylic acids is 1. The molecule has 2 heterocycles. The first-order valence-electron chi connectivity index (χ1n) is 6.80. The van der Waals surface area contributed by atoms with Crippen LogP contribution in [0.15, 0.2) is 18.3 Å². The van der Waals surface area contributed by atoms with Crippen LogP contribution in [0, 0.1) is 5.41 Å². The second kappa shape index (κ2) is 5.61. The highest BCUT2D eigenvalue weighted by Gasteiger charge is 2.29. The van der Waals surface area contributed by atoms with Crippen LogP contribution in [0.5, 0.6) is 0 Å². The number of pyridine rings is 1. The molecule has 0 aromatic carbocycles. The molecule has 0 bridgehead atoms. The highest BCUT2D eigenvalue weighted by atomic mass is 16.4. The number of aliphatic carboxylic acids is 1. The van der Waals surface area contributed by atoms with Crippen LogP contribution in [-0.4, -0.2) is 33.4 Å². The number of carbonyl (C=O) groups excluding carboxylic acids is 1. The third-order valence-corrected chi connectivity index (χ3v) is 3.58. The summed E-state index contributed by atoms with van der Waals surface area (Å²) in [7, 11) is 0. The molecule has 1 amide bonds. The van der Waals surface area contributed by atoms with E-state index in [2.05, 4.69) is 4.98 Å². The summed E-state index contributed by atoms with van der Waals surface area (Å²) in [5.74, 6) is -0.846. The molecular weight excluding hydrogens is 256 g/mol. The molecule has 0 radical (unpaired) electrons. The van der Waals surface area contributed by atoms with E-state index in [1.807, 2.05) is 26.0 Å². The molecule has 0 fully saturated rings. The second-order valence-corrected chi connectivity index (χ2v) is 6.09. The van der Waals surface area contributed by atoms with Gasteiger partial charge in [0.2, 0.25) is 5.91 Å². The lowest BCUT2D eigenvalue weighted by atomic mass is 9.85. The standard InChI is InChI=1S/C15H20N2O3/c1-15(2,9-14(19)20)8-13(18)17-7-5-12-11(10-17)4-3-6-16-12/h3-4,6H,5,7-10H2,1-2H3,(H,19,20). The van der Waals surface area contributed by atoms with Crippen molar-refractivity contribution in [2.24, 2.45) is 5.41 Å². The van der Waals surface area contributed by atoms with Gasteiger partial charge < -0.3 is 10.0 Å². The van der Waals surface area contributed by atoms with Crippen molar-refractivity contribution in [2.75, 3.05) is 6.54 Å². The number of nitrogens with zero attached hydrogens (tertiary/aromatic N) is 2. The van der Waals surface area contributed by atoms with Crippen LogP contribution in [0.2, 0.25) is 0 Å². The third-order valence-electron chi connectivity index (χ3n) is 3.58. The lowest BCUT2D eigenvalue weighted by molar-refractivity contribution is -0.141. The molecule has 1 aromatic rings. The Morgan fingerprint density at radius 3 is 2.85 bits per heavy atom. The van der Waals surface area contributed by atoms with Gasteiger partial charge in [-0.2, -0.15) is 0 Å². The first kappa shape index (κ1) is 14.5. The van der Waals surface area contributed by atoms with E-state index in [0.717, 1.165) is 17.7 Å². The average molecular weight is 276 g/mol. The average Bonchev–Trinajstić information content (AvgIpc) is 2.36. The summed E-state index contributed by atoms with van der Waals surface area (Å²) < 4.78 is 0. The van der Waals surface area contributed by atoms with Gasteiger partial charge >= 0.3 is 5.97 Å². The molecule has 1 aromatic heterocycles. The minimum absolute atomic E-state index is 0.00469. The summed E-state index contributed by atoms with van der Waals surface area (Å²) in [6.45, 7) is 4.87. The zero-order valence-electron chi connectivity index (χ0n) is 11.9. The topological polar surface area (TPSA) is 70.5 Å². The Morgan fingerprint density at radius 1 is 1.40 bits per heavy atom. The van der Waals surface area contributed by atoms with Crippen molar-refractivity contribution in [3.63, 3.8) is 0 Å². The Balaban J connectivity index is 2.00. The van der Waals surface area contributed by atoms with E-state index < -0.39 is 11.4 Å². The Labute approximate surface area is 118 Å². The van der Waals surface area contributed by atoms with Gasteiger partial charge in [-0.1, -0.05) is 19.9 Å². The summed E-state index contributed by atoms with van der Waals surface area (Å²) in [4.78, 5) is 29.2. The number of carbonyl (C=O) groups is 2. The maximum absolute atomic E-state index is 12.3. The predicted octanol–water partition coefficient (Wildman–Crippen LogP) is 1.86. The van der Waals surface area contributed by atoms with Gasteiger partial charge in [0, 0.05) is 37.8 Å². The molecule has 0 aliphatic carbocycles. The van der Waals surface area contributed by atoms with E-state index >= 15 is 0 Å². The summed E-state index contributed by atoms with van der Waals surface area (Å²) in [6, 6.07) is 3.87. The highest BCUT2D eigenvalue weighted by Crippen LogP contribution is 2.27. The maximum atomic E-state index is 12.3. The van der Waals surface area contributed by atoms with Crippen LogP contribution in [0.4, 0.5) is 0 Å². The molecule has 0 saturated heterocycles. The van der Waals surface area contributed by atoms with Gasteiger partial charge in [0.05, 0.1) is 6.42 Å². The number of fused-ring (bicyclic) bond motifs is 1. The third kappa shape index (κ3) is 3.56. The molecule has 2 rings (SSSR count). The van der Waals surface area contributed by atoms with E-state index in [0.29, 0.717) is 13.1 Å². The second-order valence-electron chi connectivity index (χ2n) is 6.09. The Morgan fingerprint density at radius 2 is 2.15 bits per heavy atom. The summed E-state index contributed by atoms with van der Waals surface area (Å²) in [5, 5.41) is 8.87. The molecule has 108 valence electrons. The first-order valence-corrected chi connectivity index (χ1v) is 6.80. The lowest BCUT2D eigenvalue weighted by Gasteiger charge is -2.31. The van der Waals surface area contributed by atoms with Crippen molar-refractivity contribution in [3.05, 3.63) is 29.6 Å². The zero-order chi connectivity index (χ0) is 14.8. The number of carboxylic acid groups (broad SMARTS) is 1. The highest BCUT2D eigenvalue weighted by molar-refractivity contribution is 5.78. The molecule has 5 heteroatoms. The van der Waals surface area contributed by atoms with Crippen LogP contribution < -0.4 is 0 Å². The van der Waals surface area contributed by atoms with Crippen LogP contribution >= 0.6 is 0 Å². The fourth-order valence-electron chi connectivity index (χ4n) is 2.57. The number of rotatable bonds is 4.